The highest BCUT2D eigenvalue weighted by Gasteiger charge is 2.44. The second-order valence-electron chi connectivity index (χ2n) is 9.90. The molecule has 3 aromatic carbocycles. The van der Waals surface area contributed by atoms with Gasteiger partial charge in [-0.15, -0.1) is 0 Å². The van der Waals surface area contributed by atoms with E-state index in [4.69, 9.17) is 0 Å². The van der Waals surface area contributed by atoms with Gasteiger partial charge < -0.3 is 0 Å². The van der Waals surface area contributed by atoms with E-state index in [1.54, 1.807) is 0 Å². The zero-order chi connectivity index (χ0) is 24.3. The molecular weight excluding hydrogens is 439 g/mol. The number of hydrogen-bond donors (Lipinski definition) is 0. The van der Waals surface area contributed by atoms with Gasteiger partial charge in [-0.2, -0.15) is 13.2 Å². The van der Waals surface area contributed by atoms with Crippen LogP contribution in [0.25, 0.3) is 10.8 Å². The maximum atomic E-state index is 13.5. The molecule has 0 N–H and O–H groups in total. The minimum Gasteiger partial charge on any atom is -0.294 e. The normalized spacial score (nSPS) is 20.6. The molecule has 0 aromatic heterocycles. The molecule has 174 valence electrons. The van der Waals surface area contributed by atoms with Gasteiger partial charge in [0.2, 0.25) is 5.91 Å². The summed E-state index contributed by atoms with van der Waals surface area (Å²) in [6.07, 6.45) is -3.53. The average Bonchev–Trinajstić information content (AvgIpc) is 2.77. The molecule has 34 heavy (non-hydrogen) atoms. The van der Waals surface area contributed by atoms with E-state index >= 15 is 0 Å². The Morgan fingerprint density at radius 1 is 0.882 bits per heavy atom. The second-order valence-corrected chi connectivity index (χ2v) is 9.90. The fraction of sp³-hybridized carbons (Fsp3) is 0.286. The molecule has 1 amide bonds. The first-order valence-electron chi connectivity index (χ1n) is 11.3. The number of ketones is 1. The van der Waals surface area contributed by atoms with Crippen molar-refractivity contribution in [2.75, 3.05) is 4.90 Å². The van der Waals surface area contributed by atoms with Crippen LogP contribution in [0.3, 0.4) is 0 Å². The second kappa shape index (κ2) is 7.83. The van der Waals surface area contributed by atoms with Crippen LogP contribution in [0, 0.1) is 5.41 Å². The zero-order valence-corrected chi connectivity index (χ0v) is 18.9. The van der Waals surface area contributed by atoms with Crippen molar-refractivity contribution in [3.63, 3.8) is 0 Å². The van der Waals surface area contributed by atoms with Gasteiger partial charge in [-0.3, -0.25) is 14.5 Å². The van der Waals surface area contributed by atoms with Crippen LogP contribution in [0.15, 0.2) is 78.0 Å². The van der Waals surface area contributed by atoms with Gasteiger partial charge in [0.05, 0.1) is 5.56 Å². The Bertz CT molecular complexity index is 1330. The first kappa shape index (κ1) is 22.4. The topological polar surface area (TPSA) is 37.4 Å². The Balaban J connectivity index is 1.68. The van der Waals surface area contributed by atoms with Crippen LogP contribution in [-0.2, 0) is 15.8 Å². The van der Waals surface area contributed by atoms with Crippen molar-refractivity contribution < 1.29 is 22.8 Å². The largest absolute Gasteiger partial charge is 0.416 e. The molecule has 0 fully saturated rings. The van der Waals surface area contributed by atoms with Crippen LogP contribution in [0.4, 0.5) is 18.9 Å². The molecule has 1 aliphatic heterocycles. The number of carbonyl (C=O) groups is 2. The number of allylic oxidation sites excluding steroid dienone is 2. The van der Waals surface area contributed by atoms with Crippen LogP contribution in [0.1, 0.15) is 50.2 Å². The number of fused-ring (bicyclic) bond motifs is 1. The van der Waals surface area contributed by atoms with E-state index in [-0.39, 0.29) is 29.4 Å². The quantitative estimate of drug-likeness (QED) is 0.409. The molecule has 0 saturated carbocycles. The molecule has 0 spiro atoms. The number of alkyl halides is 3. The predicted octanol–water partition coefficient (Wildman–Crippen LogP) is 7.02. The summed E-state index contributed by atoms with van der Waals surface area (Å²) in [5.41, 5.74) is 1.36. The maximum Gasteiger partial charge on any atom is 0.416 e. The van der Waals surface area contributed by atoms with Gasteiger partial charge in [0.1, 0.15) is 0 Å². The van der Waals surface area contributed by atoms with Gasteiger partial charge in [-0.1, -0.05) is 56.3 Å². The van der Waals surface area contributed by atoms with Gasteiger partial charge in [0.15, 0.2) is 5.78 Å². The third-order valence-electron chi connectivity index (χ3n) is 6.79. The summed E-state index contributed by atoms with van der Waals surface area (Å²) in [4.78, 5) is 28.5. The van der Waals surface area contributed by atoms with E-state index in [0.717, 1.165) is 28.5 Å². The number of halogens is 3. The summed E-state index contributed by atoms with van der Waals surface area (Å²) in [5, 5.41) is 2.03. The number of rotatable bonds is 2. The first-order chi connectivity index (χ1) is 16.0. The van der Waals surface area contributed by atoms with Crippen LogP contribution >= 0.6 is 0 Å². The molecule has 2 aliphatic rings. The van der Waals surface area contributed by atoms with Gasteiger partial charge in [0, 0.05) is 35.7 Å². The van der Waals surface area contributed by atoms with Crippen LogP contribution < -0.4 is 4.90 Å². The highest BCUT2D eigenvalue weighted by atomic mass is 19.4. The highest BCUT2D eigenvalue weighted by Crippen LogP contribution is 2.49. The molecule has 0 bridgehead atoms. The zero-order valence-electron chi connectivity index (χ0n) is 18.9. The molecule has 1 aliphatic carbocycles. The molecule has 5 rings (SSSR count). The van der Waals surface area contributed by atoms with Gasteiger partial charge in [-0.05, 0) is 52.4 Å². The fourth-order valence-corrected chi connectivity index (χ4v) is 5.33. The number of anilines is 1. The first-order valence-corrected chi connectivity index (χ1v) is 11.3. The number of benzene rings is 3. The van der Waals surface area contributed by atoms with Crippen molar-refractivity contribution in [2.45, 2.75) is 45.2 Å². The monoisotopic (exact) mass is 463 g/mol. The lowest BCUT2D eigenvalue weighted by Crippen LogP contribution is -2.43. The maximum absolute atomic E-state index is 13.5. The summed E-state index contributed by atoms with van der Waals surface area (Å²) in [6, 6.07) is 18.4. The third-order valence-corrected chi connectivity index (χ3v) is 6.79. The number of nitrogens with zero attached hydrogens (tertiary/aromatic N) is 1. The van der Waals surface area contributed by atoms with Crippen molar-refractivity contribution in [3.05, 3.63) is 89.1 Å². The van der Waals surface area contributed by atoms with E-state index < -0.39 is 11.7 Å². The Morgan fingerprint density at radius 3 is 2.26 bits per heavy atom. The molecule has 3 aromatic rings. The molecule has 1 atom stereocenters. The number of hydrogen-bond acceptors (Lipinski definition) is 2. The van der Waals surface area contributed by atoms with Gasteiger partial charge >= 0.3 is 6.18 Å². The lowest BCUT2D eigenvalue weighted by atomic mass is 9.69. The van der Waals surface area contributed by atoms with Crippen molar-refractivity contribution in [2.24, 2.45) is 5.41 Å². The minimum atomic E-state index is -4.46. The van der Waals surface area contributed by atoms with Crippen LogP contribution in [-0.4, -0.2) is 11.7 Å². The summed E-state index contributed by atoms with van der Waals surface area (Å²) in [5.74, 6) is -0.613. The van der Waals surface area contributed by atoms with Crippen molar-refractivity contribution >= 4 is 28.2 Å². The molecule has 1 heterocycles. The van der Waals surface area contributed by atoms with E-state index in [0.29, 0.717) is 29.8 Å². The Labute approximate surface area is 195 Å². The van der Waals surface area contributed by atoms with E-state index in [1.807, 2.05) is 56.3 Å². The van der Waals surface area contributed by atoms with E-state index in [9.17, 15) is 22.8 Å². The van der Waals surface area contributed by atoms with Crippen LogP contribution in [0.2, 0.25) is 0 Å². The Hall–Kier alpha value is -3.41. The minimum absolute atomic E-state index is 0.00593. The lowest BCUT2D eigenvalue weighted by molar-refractivity contribution is -0.137. The molecular formula is C28H24F3NO2. The van der Waals surface area contributed by atoms with Crippen molar-refractivity contribution in [1.82, 2.24) is 0 Å². The van der Waals surface area contributed by atoms with E-state index in [2.05, 4.69) is 0 Å². The van der Waals surface area contributed by atoms with E-state index in [1.165, 1.54) is 17.0 Å². The SMILES string of the molecule is CC1(C)CC(=O)C2=C(C1)N(c1ccc(C(F)(F)F)cc1)C(=O)CC2c1cccc2ccccc12. The third kappa shape index (κ3) is 3.81. The predicted molar refractivity (Wildman–Crippen MR) is 125 cm³/mol. The molecule has 0 radical (unpaired) electrons. The summed E-state index contributed by atoms with van der Waals surface area (Å²) in [6.45, 7) is 3.96. The Kier molecular flexibility index (Phi) is 5.15. The Morgan fingerprint density at radius 2 is 1.56 bits per heavy atom. The van der Waals surface area contributed by atoms with Gasteiger partial charge in [-0.25, -0.2) is 0 Å². The number of amides is 1. The fourth-order valence-electron chi connectivity index (χ4n) is 5.33. The lowest BCUT2D eigenvalue weighted by Gasteiger charge is -2.43. The van der Waals surface area contributed by atoms with Crippen molar-refractivity contribution in [1.29, 1.82) is 0 Å². The number of carbonyl (C=O) groups excluding carboxylic acids is 2. The average molecular weight is 463 g/mol. The standard InChI is InChI=1S/C28H24F3NO2/c1-27(2)15-23-26(24(33)16-27)22(21-9-5-7-17-6-3-4-8-20(17)21)14-25(34)32(23)19-12-10-18(11-13-19)28(29,30)31/h3-13,22H,14-16H2,1-2H3. The molecule has 0 saturated heterocycles. The van der Waals surface area contributed by atoms with Gasteiger partial charge in [0.25, 0.3) is 0 Å². The summed E-state index contributed by atoms with van der Waals surface area (Å²) in [7, 11) is 0. The smallest absolute Gasteiger partial charge is 0.294 e. The van der Waals surface area contributed by atoms with Crippen LogP contribution in [0.5, 0.6) is 0 Å². The molecule has 6 heteroatoms. The molecule has 1 unspecified atom stereocenters. The molecule has 3 nitrogen and oxygen atoms in total. The van der Waals surface area contributed by atoms with Crippen molar-refractivity contribution in [3.8, 4) is 0 Å². The summed E-state index contributed by atoms with van der Waals surface area (Å²) >= 11 is 0. The highest BCUT2D eigenvalue weighted by molar-refractivity contribution is 6.08. The number of Topliss-reactive ketones (excluding diaryl/α,β-unsaturated/α-hetero) is 1. The summed E-state index contributed by atoms with van der Waals surface area (Å²) < 4.78 is 39.3.